The summed E-state index contributed by atoms with van der Waals surface area (Å²) in [4.78, 5) is 29.5. The molecule has 22 heavy (non-hydrogen) atoms. The van der Waals surface area contributed by atoms with Crippen molar-refractivity contribution in [3.8, 4) is 0 Å². The van der Waals surface area contributed by atoms with Crippen molar-refractivity contribution in [2.45, 2.75) is 20.3 Å². The van der Waals surface area contributed by atoms with Crippen LogP contribution < -0.4 is 10.5 Å². The normalized spacial score (nSPS) is 22.0. The highest BCUT2D eigenvalue weighted by molar-refractivity contribution is 5.61. The van der Waals surface area contributed by atoms with Gasteiger partial charge >= 0.3 is 11.2 Å². The predicted octanol–water partition coefficient (Wildman–Crippen LogP) is 2.08. The highest BCUT2D eigenvalue weighted by Crippen LogP contribution is 2.29. The average Bonchev–Trinajstić information content (AvgIpc) is 2.45. The number of fused-ring (bicyclic) bond motifs is 1. The second kappa shape index (κ2) is 5.40. The third-order valence-electron chi connectivity index (χ3n) is 4.04. The molecule has 0 bridgehead atoms. The summed E-state index contributed by atoms with van der Waals surface area (Å²) in [5.41, 5.74) is -0.638. The Balaban J connectivity index is 2.21. The van der Waals surface area contributed by atoms with Crippen LogP contribution in [0.2, 0.25) is 0 Å². The van der Waals surface area contributed by atoms with Gasteiger partial charge in [-0.05, 0) is 30.4 Å². The summed E-state index contributed by atoms with van der Waals surface area (Å²) in [6, 6.07) is 5.11. The fraction of sp³-hybridized carbons (Fsp3) is 0.467. The highest BCUT2D eigenvalue weighted by atomic mass is 16.6. The Labute approximate surface area is 127 Å². The third-order valence-corrected chi connectivity index (χ3v) is 4.04. The zero-order chi connectivity index (χ0) is 15.9. The zero-order valence-electron chi connectivity index (χ0n) is 12.6. The van der Waals surface area contributed by atoms with Crippen molar-refractivity contribution < 1.29 is 4.92 Å². The van der Waals surface area contributed by atoms with Crippen molar-refractivity contribution in [2.75, 3.05) is 18.0 Å². The predicted molar refractivity (Wildman–Crippen MR) is 83.3 cm³/mol. The Hall–Kier alpha value is -2.44. The molecule has 0 N–H and O–H groups in total. The summed E-state index contributed by atoms with van der Waals surface area (Å²) in [5.74, 6) is 1.03. The molecular weight excluding hydrogens is 284 g/mol. The minimum atomic E-state index is -0.628. The first-order chi connectivity index (χ1) is 10.5. The zero-order valence-corrected chi connectivity index (χ0v) is 12.6. The van der Waals surface area contributed by atoms with E-state index in [9.17, 15) is 14.9 Å². The lowest BCUT2D eigenvalue weighted by atomic mass is 9.92. The molecular formula is C15H18N4O3. The average molecular weight is 302 g/mol. The van der Waals surface area contributed by atoms with Crippen molar-refractivity contribution in [3.63, 3.8) is 0 Å². The van der Waals surface area contributed by atoms with Gasteiger partial charge in [0.05, 0.1) is 4.92 Å². The maximum atomic E-state index is 12.5. The number of rotatable bonds is 2. The Bertz CT molecular complexity index is 776. The van der Waals surface area contributed by atoms with Crippen LogP contribution in [-0.2, 0) is 0 Å². The van der Waals surface area contributed by atoms with Gasteiger partial charge in [-0.1, -0.05) is 19.9 Å². The molecule has 116 valence electrons. The smallest absolute Gasteiger partial charge is 0.350 e. The molecule has 2 atom stereocenters. The first kappa shape index (κ1) is 14.5. The number of nitrogens with zero attached hydrogens (tertiary/aromatic N) is 4. The van der Waals surface area contributed by atoms with Gasteiger partial charge in [0.1, 0.15) is 5.65 Å². The van der Waals surface area contributed by atoms with Gasteiger partial charge in [-0.2, -0.15) is 0 Å². The lowest BCUT2D eigenvalue weighted by Crippen LogP contribution is -2.40. The molecule has 7 nitrogen and oxygen atoms in total. The largest absolute Gasteiger partial charge is 0.376 e. The van der Waals surface area contributed by atoms with E-state index in [4.69, 9.17) is 0 Å². The van der Waals surface area contributed by atoms with Crippen LogP contribution in [0.15, 0.2) is 29.2 Å². The fourth-order valence-electron chi connectivity index (χ4n) is 3.28. The number of nitro groups is 1. The second-order valence-corrected chi connectivity index (χ2v) is 6.13. The van der Waals surface area contributed by atoms with E-state index >= 15 is 0 Å². The molecule has 0 amide bonds. The summed E-state index contributed by atoms with van der Waals surface area (Å²) < 4.78 is 1.22. The van der Waals surface area contributed by atoms with Crippen LogP contribution >= 0.6 is 0 Å². The molecule has 3 heterocycles. The summed E-state index contributed by atoms with van der Waals surface area (Å²) in [6.45, 7) is 5.59. The van der Waals surface area contributed by atoms with Crippen molar-refractivity contribution in [1.29, 1.82) is 0 Å². The fourth-order valence-corrected chi connectivity index (χ4v) is 3.28. The van der Waals surface area contributed by atoms with Gasteiger partial charge in [-0.15, -0.1) is 0 Å². The van der Waals surface area contributed by atoms with Crippen molar-refractivity contribution in [1.82, 2.24) is 9.38 Å². The quantitative estimate of drug-likeness (QED) is 0.626. The van der Waals surface area contributed by atoms with Gasteiger partial charge < -0.3 is 4.90 Å². The summed E-state index contributed by atoms with van der Waals surface area (Å²) >= 11 is 0. The molecule has 2 unspecified atom stereocenters. The molecule has 0 aromatic carbocycles. The van der Waals surface area contributed by atoms with Gasteiger partial charge in [0, 0.05) is 19.3 Å². The molecule has 3 rings (SSSR count). The Morgan fingerprint density at radius 1 is 1.27 bits per heavy atom. The number of piperidine rings is 1. The van der Waals surface area contributed by atoms with E-state index in [1.54, 1.807) is 18.2 Å². The van der Waals surface area contributed by atoms with Crippen LogP contribution in [0, 0.1) is 22.0 Å². The number of pyridine rings is 1. The van der Waals surface area contributed by atoms with Crippen LogP contribution in [0.1, 0.15) is 20.3 Å². The summed E-state index contributed by atoms with van der Waals surface area (Å²) in [5, 5.41) is 11.4. The number of anilines is 1. The van der Waals surface area contributed by atoms with E-state index in [-0.39, 0.29) is 5.82 Å². The van der Waals surface area contributed by atoms with E-state index < -0.39 is 16.2 Å². The van der Waals surface area contributed by atoms with Crippen molar-refractivity contribution >= 4 is 17.2 Å². The Morgan fingerprint density at radius 3 is 2.59 bits per heavy atom. The van der Waals surface area contributed by atoms with Crippen LogP contribution in [0.25, 0.3) is 5.65 Å². The minimum absolute atomic E-state index is 0.194. The topological polar surface area (TPSA) is 80.8 Å². The van der Waals surface area contributed by atoms with E-state index in [0.717, 1.165) is 6.42 Å². The second-order valence-electron chi connectivity index (χ2n) is 6.13. The first-order valence-electron chi connectivity index (χ1n) is 7.38. The maximum absolute atomic E-state index is 12.5. The van der Waals surface area contributed by atoms with E-state index in [2.05, 4.69) is 18.8 Å². The summed E-state index contributed by atoms with van der Waals surface area (Å²) in [6.07, 6.45) is 2.58. The molecule has 1 aliphatic rings. The van der Waals surface area contributed by atoms with Crippen LogP contribution in [0.4, 0.5) is 11.5 Å². The Morgan fingerprint density at radius 2 is 1.95 bits per heavy atom. The SMILES string of the molecule is CC1CC(C)CN(c2nc3ccccn3c(=O)c2[N+](=O)[O-])C1. The van der Waals surface area contributed by atoms with Gasteiger partial charge in [0.25, 0.3) is 0 Å². The number of aromatic nitrogens is 2. The number of hydrogen-bond acceptors (Lipinski definition) is 5. The molecule has 0 radical (unpaired) electrons. The molecule has 2 aromatic rings. The molecule has 0 saturated carbocycles. The molecule has 2 aromatic heterocycles. The lowest BCUT2D eigenvalue weighted by molar-refractivity contribution is -0.385. The lowest BCUT2D eigenvalue weighted by Gasteiger charge is -2.35. The monoisotopic (exact) mass is 302 g/mol. The molecule has 0 aliphatic carbocycles. The van der Waals surface area contributed by atoms with Crippen molar-refractivity contribution in [3.05, 3.63) is 44.9 Å². The molecule has 0 spiro atoms. The number of hydrogen-bond donors (Lipinski definition) is 0. The van der Waals surface area contributed by atoms with Crippen LogP contribution in [0.5, 0.6) is 0 Å². The van der Waals surface area contributed by atoms with Gasteiger partial charge in [-0.3, -0.25) is 19.3 Å². The first-order valence-corrected chi connectivity index (χ1v) is 7.38. The molecule has 1 aliphatic heterocycles. The van der Waals surface area contributed by atoms with Crippen LogP contribution in [-0.4, -0.2) is 27.4 Å². The summed E-state index contributed by atoms with van der Waals surface area (Å²) in [7, 11) is 0. The van der Waals surface area contributed by atoms with Gasteiger partial charge in [0.2, 0.25) is 5.82 Å². The van der Waals surface area contributed by atoms with Crippen LogP contribution in [0.3, 0.4) is 0 Å². The van der Waals surface area contributed by atoms with Crippen molar-refractivity contribution in [2.24, 2.45) is 11.8 Å². The van der Waals surface area contributed by atoms with E-state index in [0.29, 0.717) is 30.6 Å². The standard InChI is InChI=1S/C15H18N4O3/c1-10-7-11(2)9-17(8-10)14-13(19(21)22)15(20)18-6-4-3-5-12(18)16-14/h3-6,10-11H,7-9H2,1-2H3. The van der Waals surface area contributed by atoms with E-state index in [1.807, 2.05) is 4.90 Å². The Kier molecular flexibility index (Phi) is 3.56. The van der Waals surface area contributed by atoms with Gasteiger partial charge in [-0.25, -0.2) is 4.98 Å². The highest BCUT2D eigenvalue weighted by Gasteiger charge is 2.31. The molecule has 1 saturated heterocycles. The molecule has 1 fully saturated rings. The third kappa shape index (κ3) is 2.43. The minimum Gasteiger partial charge on any atom is -0.350 e. The maximum Gasteiger partial charge on any atom is 0.376 e. The van der Waals surface area contributed by atoms with Gasteiger partial charge in [0.15, 0.2) is 0 Å². The van der Waals surface area contributed by atoms with E-state index in [1.165, 1.54) is 10.6 Å². The molecule has 7 heteroatoms.